The third-order valence-electron chi connectivity index (χ3n) is 2.55. The van der Waals surface area contributed by atoms with Crippen LogP contribution in [0.5, 0.6) is 5.75 Å². The molecule has 0 spiro atoms. The largest absolute Gasteiger partial charge is 0.495 e. The second-order valence-corrected chi connectivity index (χ2v) is 4.36. The number of methoxy groups -OCH3 is 1. The Hall–Kier alpha value is -1.38. The Kier molecular flexibility index (Phi) is 4.47. The van der Waals surface area contributed by atoms with Crippen LogP contribution in [0.3, 0.4) is 0 Å². The molecule has 16 heavy (non-hydrogen) atoms. The number of benzene rings is 1. The standard InChI is InChI=1S/C13H22N2O/c1-5-15(9-10(2)3)11-6-7-12(14)13(8-11)16-4/h6-8,10H,5,9,14H2,1-4H3. The van der Waals surface area contributed by atoms with E-state index in [9.17, 15) is 0 Å². The van der Waals surface area contributed by atoms with Gasteiger partial charge in [-0.1, -0.05) is 13.8 Å². The number of hydrogen-bond donors (Lipinski definition) is 1. The second kappa shape index (κ2) is 5.64. The van der Waals surface area contributed by atoms with Gasteiger partial charge in [-0.3, -0.25) is 0 Å². The molecule has 0 bridgehead atoms. The zero-order chi connectivity index (χ0) is 12.1. The van der Waals surface area contributed by atoms with Gasteiger partial charge in [-0.2, -0.15) is 0 Å². The van der Waals surface area contributed by atoms with Crippen LogP contribution in [0.25, 0.3) is 0 Å². The van der Waals surface area contributed by atoms with Crippen LogP contribution in [-0.2, 0) is 0 Å². The van der Waals surface area contributed by atoms with Gasteiger partial charge in [-0.05, 0) is 25.0 Å². The van der Waals surface area contributed by atoms with Crippen molar-refractivity contribution in [3.63, 3.8) is 0 Å². The predicted octanol–water partition coefficient (Wildman–Crippen LogP) is 2.76. The predicted molar refractivity (Wildman–Crippen MR) is 70.1 cm³/mol. The van der Waals surface area contributed by atoms with Crippen molar-refractivity contribution in [3.8, 4) is 5.75 Å². The summed E-state index contributed by atoms with van der Waals surface area (Å²) >= 11 is 0. The molecular formula is C13H22N2O. The van der Waals surface area contributed by atoms with Gasteiger partial charge in [0.15, 0.2) is 0 Å². The van der Waals surface area contributed by atoms with E-state index in [-0.39, 0.29) is 0 Å². The zero-order valence-electron chi connectivity index (χ0n) is 10.7. The van der Waals surface area contributed by atoms with E-state index in [0.717, 1.165) is 18.8 Å². The monoisotopic (exact) mass is 222 g/mol. The van der Waals surface area contributed by atoms with E-state index >= 15 is 0 Å². The summed E-state index contributed by atoms with van der Waals surface area (Å²) < 4.78 is 5.23. The number of nitrogens with zero attached hydrogens (tertiary/aromatic N) is 1. The van der Waals surface area contributed by atoms with Crippen LogP contribution in [0, 0.1) is 5.92 Å². The van der Waals surface area contributed by atoms with Crippen molar-refractivity contribution in [3.05, 3.63) is 18.2 Å². The van der Waals surface area contributed by atoms with E-state index in [1.54, 1.807) is 7.11 Å². The van der Waals surface area contributed by atoms with Gasteiger partial charge in [0.1, 0.15) is 5.75 Å². The van der Waals surface area contributed by atoms with Gasteiger partial charge < -0.3 is 15.4 Å². The highest BCUT2D eigenvalue weighted by molar-refractivity contribution is 5.62. The molecule has 0 radical (unpaired) electrons. The quantitative estimate of drug-likeness (QED) is 0.778. The molecule has 0 aromatic heterocycles. The van der Waals surface area contributed by atoms with Crippen LogP contribution in [0.15, 0.2) is 18.2 Å². The molecule has 0 unspecified atom stereocenters. The number of anilines is 2. The first-order chi connectivity index (χ1) is 7.58. The summed E-state index contributed by atoms with van der Waals surface area (Å²) in [5.74, 6) is 1.39. The minimum Gasteiger partial charge on any atom is -0.495 e. The van der Waals surface area contributed by atoms with Crippen LogP contribution in [0.1, 0.15) is 20.8 Å². The SMILES string of the molecule is CCN(CC(C)C)c1ccc(N)c(OC)c1. The summed E-state index contributed by atoms with van der Waals surface area (Å²) in [6, 6.07) is 5.95. The Morgan fingerprint density at radius 1 is 1.38 bits per heavy atom. The van der Waals surface area contributed by atoms with Gasteiger partial charge in [0.05, 0.1) is 12.8 Å². The highest BCUT2D eigenvalue weighted by Crippen LogP contribution is 2.27. The van der Waals surface area contributed by atoms with Crippen molar-refractivity contribution in [1.29, 1.82) is 0 Å². The average molecular weight is 222 g/mol. The number of rotatable bonds is 5. The third kappa shape index (κ3) is 3.05. The van der Waals surface area contributed by atoms with Gasteiger partial charge in [0.2, 0.25) is 0 Å². The lowest BCUT2D eigenvalue weighted by molar-refractivity contribution is 0.417. The van der Waals surface area contributed by atoms with E-state index in [1.165, 1.54) is 5.69 Å². The van der Waals surface area contributed by atoms with Gasteiger partial charge in [0.25, 0.3) is 0 Å². The first-order valence-corrected chi connectivity index (χ1v) is 5.77. The van der Waals surface area contributed by atoms with E-state index in [0.29, 0.717) is 11.6 Å². The van der Waals surface area contributed by atoms with Crippen molar-refractivity contribution in [2.24, 2.45) is 5.92 Å². The zero-order valence-corrected chi connectivity index (χ0v) is 10.7. The molecule has 1 aromatic rings. The maximum atomic E-state index is 5.80. The molecule has 1 rings (SSSR count). The highest BCUT2D eigenvalue weighted by Gasteiger charge is 2.08. The molecule has 0 aliphatic heterocycles. The summed E-state index contributed by atoms with van der Waals surface area (Å²) in [4.78, 5) is 2.33. The maximum Gasteiger partial charge on any atom is 0.143 e. The molecule has 0 fully saturated rings. The molecule has 2 N–H and O–H groups in total. The van der Waals surface area contributed by atoms with Gasteiger partial charge in [-0.25, -0.2) is 0 Å². The van der Waals surface area contributed by atoms with Crippen molar-refractivity contribution < 1.29 is 4.74 Å². The minimum absolute atomic E-state index is 0.642. The minimum atomic E-state index is 0.642. The lowest BCUT2D eigenvalue weighted by Crippen LogP contribution is -2.27. The Bertz CT molecular complexity index is 337. The summed E-state index contributed by atoms with van der Waals surface area (Å²) in [6.07, 6.45) is 0. The molecule has 0 amide bonds. The molecule has 1 aromatic carbocycles. The topological polar surface area (TPSA) is 38.5 Å². The summed E-state index contributed by atoms with van der Waals surface area (Å²) in [5, 5.41) is 0. The number of nitrogen functional groups attached to an aromatic ring is 1. The molecule has 0 atom stereocenters. The van der Waals surface area contributed by atoms with Crippen LogP contribution >= 0.6 is 0 Å². The number of ether oxygens (including phenoxy) is 1. The van der Waals surface area contributed by atoms with Crippen LogP contribution in [0.4, 0.5) is 11.4 Å². The second-order valence-electron chi connectivity index (χ2n) is 4.36. The Balaban J connectivity index is 2.92. The summed E-state index contributed by atoms with van der Waals surface area (Å²) in [5.41, 5.74) is 7.65. The van der Waals surface area contributed by atoms with Gasteiger partial charge in [0, 0.05) is 24.8 Å². The lowest BCUT2D eigenvalue weighted by atomic mass is 10.1. The normalized spacial score (nSPS) is 10.6. The number of nitrogens with two attached hydrogens (primary N) is 1. The molecule has 0 saturated heterocycles. The van der Waals surface area contributed by atoms with Gasteiger partial charge in [-0.15, -0.1) is 0 Å². The van der Waals surface area contributed by atoms with Crippen molar-refractivity contribution in [1.82, 2.24) is 0 Å². The van der Waals surface area contributed by atoms with Crippen LogP contribution in [0.2, 0.25) is 0 Å². The van der Waals surface area contributed by atoms with Crippen LogP contribution < -0.4 is 15.4 Å². The van der Waals surface area contributed by atoms with Crippen molar-refractivity contribution in [2.75, 3.05) is 30.8 Å². The average Bonchev–Trinajstić information content (AvgIpc) is 2.26. The molecular weight excluding hydrogens is 200 g/mol. The van der Waals surface area contributed by atoms with Crippen molar-refractivity contribution >= 4 is 11.4 Å². The first-order valence-electron chi connectivity index (χ1n) is 5.77. The Morgan fingerprint density at radius 2 is 2.06 bits per heavy atom. The fraction of sp³-hybridized carbons (Fsp3) is 0.538. The fourth-order valence-electron chi connectivity index (χ4n) is 1.75. The van der Waals surface area contributed by atoms with Crippen LogP contribution in [-0.4, -0.2) is 20.2 Å². The van der Waals surface area contributed by atoms with E-state index in [2.05, 4.69) is 25.7 Å². The molecule has 3 nitrogen and oxygen atoms in total. The van der Waals surface area contributed by atoms with E-state index < -0.39 is 0 Å². The van der Waals surface area contributed by atoms with E-state index in [1.807, 2.05) is 18.2 Å². The third-order valence-corrected chi connectivity index (χ3v) is 2.55. The molecule has 0 aliphatic rings. The maximum absolute atomic E-state index is 5.80. The lowest BCUT2D eigenvalue weighted by Gasteiger charge is -2.25. The molecule has 0 saturated carbocycles. The molecule has 90 valence electrons. The highest BCUT2D eigenvalue weighted by atomic mass is 16.5. The Morgan fingerprint density at radius 3 is 2.56 bits per heavy atom. The Labute approximate surface area is 98.2 Å². The summed E-state index contributed by atoms with van der Waals surface area (Å²) in [7, 11) is 1.65. The molecule has 0 aliphatic carbocycles. The summed E-state index contributed by atoms with van der Waals surface area (Å²) in [6.45, 7) is 8.63. The number of hydrogen-bond acceptors (Lipinski definition) is 3. The molecule has 3 heteroatoms. The van der Waals surface area contributed by atoms with Gasteiger partial charge >= 0.3 is 0 Å². The smallest absolute Gasteiger partial charge is 0.143 e. The fourth-order valence-corrected chi connectivity index (χ4v) is 1.75. The van der Waals surface area contributed by atoms with Crippen molar-refractivity contribution in [2.45, 2.75) is 20.8 Å². The first kappa shape index (κ1) is 12.7. The molecule has 0 heterocycles. The van der Waals surface area contributed by atoms with E-state index in [4.69, 9.17) is 10.5 Å².